The van der Waals surface area contributed by atoms with Gasteiger partial charge in [-0.2, -0.15) is 0 Å². The molecule has 7 heteroatoms. The van der Waals surface area contributed by atoms with E-state index in [1.165, 1.54) is 0 Å². The minimum absolute atomic E-state index is 0.0117. The number of fused-ring (bicyclic) bond motifs is 2. The summed E-state index contributed by atoms with van der Waals surface area (Å²) in [6, 6.07) is 0.391. The van der Waals surface area contributed by atoms with Crippen LogP contribution < -0.4 is 0 Å². The molecule has 4 nitrogen and oxygen atoms in total. The zero-order chi connectivity index (χ0) is 18.6. The zero-order valence-electron chi connectivity index (χ0n) is 14.5. The fraction of sp³-hybridized carbons (Fsp3) is 0.611. The van der Waals surface area contributed by atoms with E-state index in [1.54, 1.807) is 25.7 Å². The lowest BCUT2D eigenvalue weighted by Crippen LogP contribution is -2.53. The fourth-order valence-electron chi connectivity index (χ4n) is 4.03. The Kier molecular flexibility index (Phi) is 4.26. The molecule has 2 saturated heterocycles. The van der Waals surface area contributed by atoms with Gasteiger partial charge in [-0.05, 0) is 33.6 Å². The number of halogens is 3. The van der Waals surface area contributed by atoms with Crippen molar-refractivity contribution in [3.05, 3.63) is 35.1 Å². The molecule has 3 rings (SSSR count). The highest BCUT2D eigenvalue weighted by molar-refractivity contribution is 5.69. The number of ether oxygens (including phenoxy) is 1. The molecule has 0 spiro atoms. The van der Waals surface area contributed by atoms with Gasteiger partial charge in [0.25, 0.3) is 0 Å². The average molecular weight is 357 g/mol. The van der Waals surface area contributed by atoms with E-state index in [0.717, 1.165) is 0 Å². The van der Waals surface area contributed by atoms with Gasteiger partial charge in [0, 0.05) is 37.1 Å². The second-order valence-electron chi connectivity index (χ2n) is 7.96. The number of carbonyl (C=O) groups is 1. The summed E-state index contributed by atoms with van der Waals surface area (Å²) < 4.78 is 46.9. The van der Waals surface area contributed by atoms with Gasteiger partial charge in [0.05, 0.1) is 11.2 Å². The molecule has 0 saturated carbocycles. The molecule has 2 unspecified atom stereocenters. The first-order valence-corrected chi connectivity index (χ1v) is 8.39. The number of aliphatic hydroxyl groups is 1. The Hall–Kier alpha value is -1.76. The number of hydrogen-bond acceptors (Lipinski definition) is 3. The van der Waals surface area contributed by atoms with Gasteiger partial charge < -0.3 is 14.7 Å². The van der Waals surface area contributed by atoms with Gasteiger partial charge in [-0.25, -0.2) is 18.0 Å². The maximum atomic E-state index is 14.1. The van der Waals surface area contributed by atoms with Crippen LogP contribution in [-0.2, 0) is 10.3 Å². The molecule has 25 heavy (non-hydrogen) atoms. The van der Waals surface area contributed by atoms with Gasteiger partial charge in [-0.1, -0.05) is 0 Å². The van der Waals surface area contributed by atoms with Crippen LogP contribution in [-0.4, -0.2) is 33.8 Å². The summed E-state index contributed by atoms with van der Waals surface area (Å²) in [4.78, 5) is 14.0. The van der Waals surface area contributed by atoms with E-state index in [1.807, 2.05) is 0 Å². The smallest absolute Gasteiger partial charge is 0.410 e. The first-order valence-electron chi connectivity index (χ1n) is 8.39. The van der Waals surface area contributed by atoms with E-state index in [2.05, 4.69) is 0 Å². The standard InChI is InChI=1S/C18H22F3NO3/c1-17(2,3)25-16(23)22-11-4-5-12(22)9-18(24,8-11)15-13(20)6-10(19)7-14(15)21/h6-7,11-12,24H,4-5,8-9H2,1-3H3. The van der Waals surface area contributed by atoms with Crippen molar-refractivity contribution in [2.24, 2.45) is 0 Å². The maximum absolute atomic E-state index is 14.1. The second-order valence-corrected chi connectivity index (χ2v) is 7.96. The van der Waals surface area contributed by atoms with Crippen molar-refractivity contribution in [3.63, 3.8) is 0 Å². The number of amides is 1. The predicted molar refractivity (Wildman–Crippen MR) is 84.3 cm³/mol. The monoisotopic (exact) mass is 357 g/mol. The lowest BCUT2D eigenvalue weighted by atomic mass is 9.80. The Morgan fingerprint density at radius 1 is 1.16 bits per heavy atom. The molecule has 1 amide bonds. The highest BCUT2D eigenvalue weighted by Crippen LogP contribution is 2.47. The molecular formula is C18H22F3NO3. The van der Waals surface area contributed by atoms with E-state index in [9.17, 15) is 23.1 Å². The van der Waals surface area contributed by atoms with E-state index in [4.69, 9.17) is 4.74 Å². The molecule has 0 aliphatic carbocycles. The molecule has 2 aliphatic heterocycles. The van der Waals surface area contributed by atoms with E-state index in [-0.39, 0.29) is 24.9 Å². The van der Waals surface area contributed by atoms with Crippen LogP contribution in [0, 0.1) is 17.5 Å². The Morgan fingerprint density at radius 3 is 2.08 bits per heavy atom. The lowest BCUT2D eigenvalue weighted by molar-refractivity contribution is -0.0658. The number of benzene rings is 1. The quantitative estimate of drug-likeness (QED) is 0.830. The van der Waals surface area contributed by atoms with Crippen molar-refractivity contribution in [3.8, 4) is 0 Å². The lowest BCUT2D eigenvalue weighted by Gasteiger charge is -2.44. The van der Waals surface area contributed by atoms with Gasteiger partial charge in [0.1, 0.15) is 23.1 Å². The third-order valence-corrected chi connectivity index (χ3v) is 4.84. The topological polar surface area (TPSA) is 49.8 Å². The summed E-state index contributed by atoms with van der Waals surface area (Å²) in [6.07, 6.45) is 0.736. The minimum atomic E-state index is -1.77. The molecule has 2 heterocycles. The van der Waals surface area contributed by atoms with Gasteiger partial charge >= 0.3 is 6.09 Å². The van der Waals surface area contributed by atoms with Crippen molar-refractivity contribution in [2.75, 3.05) is 0 Å². The minimum Gasteiger partial charge on any atom is -0.444 e. The molecule has 1 aromatic carbocycles. The van der Waals surface area contributed by atoms with Crippen LogP contribution in [0.2, 0.25) is 0 Å². The SMILES string of the molecule is CC(C)(C)OC(=O)N1C2CCC1CC(O)(c1c(F)cc(F)cc1F)C2. The molecular weight excluding hydrogens is 335 g/mol. The zero-order valence-corrected chi connectivity index (χ0v) is 14.5. The van der Waals surface area contributed by atoms with Crippen LogP contribution in [0.25, 0.3) is 0 Å². The van der Waals surface area contributed by atoms with Crippen molar-refractivity contribution in [1.29, 1.82) is 0 Å². The maximum Gasteiger partial charge on any atom is 0.410 e. The van der Waals surface area contributed by atoms with Crippen LogP contribution >= 0.6 is 0 Å². The second kappa shape index (κ2) is 5.90. The Bertz CT molecular complexity index is 664. The molecule has 138 valence electrons. The Balaban J connectivity index is 1.88. The van der Waals surface area contributed by atoms with Crippen LogP contribution in [0.3, 0.4) is 0 Å². The van der Waals surface area contributed by atoms with E-state index < -0.39 is 40.3 Å². The van der Waals surface area contributed by atoms with Crippen LogP contribution in [0.5, 0.6) is 0 Å². The fourth-order valence-corrected chi connectivity index (χ4v) is 4.03. The van der Waals surface area contributed by atoms with E-state index in [0.29, 0.717) is 25.0 Å². The summed E-state index contributed by atoms with van der Waals surface area (Å²) in [5.41, 5.74) is -2.94. The summed E-state index contributed by atoms with van der Waals surface area (Å²) in [5.74, 6) is -3.24. The Morgan fingerprint density at radius 2 is 1.64 bits per heavy atom. The van der Waals surface area contributed by atoms with Gasteiger partial charge in [0.2, 0.25) is 0 Å². The molecule has 1 aromatic rings. The molecule has 2 atom stereocenters. The summed E-state index contributed by atoms with van der Waals surface area (Å²) >= 11 is 0. The number of hydrogen-bond donors (Lipinski definition) is 1. The Labute approximate surface area is 144 Å². The highest BCUT2D eigenvalue weighted by Gasteiger charge is 2.52. The van der Waals surface area contributed by atoms with Crippen molar-refractivity contribution < 1.29 is 27.8 Å². The molecule has 2 fully saturated rings. The number of carbonyl (C=O) groups excluding carboxylic acids is 1. The number of piperidine rings is 1. The van der Waals surface area contributed by atoms with Gasteiger partial charge in [0.15, 0.2) is 0 Å². The number of rotatable bonds is 1. The van der Waals surface area contributed by atoms with Gasteiger partial charge in [-0.3, -0.25) is 0 Å². The molecule has 2 aliphatic rings. The summed E-state index contributed by atoms with van der Waals surface area (Å²) in [5, 5.41) is 10.9. The van der Waals surface area contributed by atoms with Gasteiger partial charge in [-0.15, -0.1) is 0 Å². The normalized spacial score (nSPS) is 29.0. The molecule has 2 bridgehead atoms. The summed E-state index contributed by atoms with van der Waals surface area (Å²) in [7, 11) is 0. The summed E-state index contributed by atoms with van der Waals surface area (Å²) in [6.45, 7) is 5.28. The van der Waals surface area contributed by atoms with E-state index >= 15 is 0 Å². The predicted octanol–water partition coefficient (Wildman–Crippen LogP) is 3.85. The first kappa shape index (κ1) is 18.0. The van der Waals surface area contributed by atoms with Crippen molar-refractivity contribution in [2.45, 2.75) is 69.7 Å². The third kappa shape index (κ3) is 3.34. The molecule has 1 N–H and O–H groups in total. The molecule has 0 radical (unpaired) electrons. The highest BCUT2D eigenvalue weighted by atomic mass is 19.1. The third-order valence-electron chi connectivity index (χ3n) is 4.84. The largest absolute Gasteiger partial charge is 0.444 e. The molecule has 0 aromatic heterocycles. The van der Waals surface area contributed by atoms with Crippen molar-refractivity contribution >= 4 is 6.09 Å². The van der Waals surface area contributed by atoms with Crippen LogP contribution in [0.1, 0.15) is 52.0 Å². The number of nitrogens with zero attached hydrogens (tertiary/aromatic N) is 1. The van der Waals surface area contributed by atoms with Crippen LogP contribution in [0.15, 0.2) is 12.1 Å². The average Bonchev–Trinajstić information content (AvgIpc) is 2.68. The first-order chi connectivity index (χ1) is 11.5. The van der Waals surface area contributed by atoms with Crippen molar-refractivity contribution in [1.82, 2.24) is 4.90 Å². The van der Waals surface area contributed by atoms with Crippen LogP contribution in [0.4, 0.5) is 18.0 Å².